The Kier molecular flexibility index (Phi) is 5.36. The van der Waals surface area contributed by atoms with Crippen molar-refractivity contribution in [2.45, 2.75) is 25.2 Å². The molecule has 1 aliphatic rings. The van der Waals surface area contributed by atoms with Gasteiger partial charge in [-0.25, -0.2) is 13.6 Å². The minimum Gasteiger partial charge on any atom is -0.486 e. The van der Waals surface area contributed by atoms with E-state index in [-0.39, 0.29) is 10.7 Å². The van der Waals surface area contributed by atoms with Crippen molar-refractivity contribution in [2.75, 3.05) is 13.2 Å². The van der Waals surface area contributed by atoms with E-state index in [9.17, 15) is 13.2 Å². The Morgan fingerprint density at radius 2 is 1.65 bits per heavy atom. The molecular weight excluding hydrogens is 416 g/mol. The van der Waals surface area contributed by atoms with Crippen LogP contribution in [0, 0.1) is 6.92 Å². The van der Waals surface area contributed by atoms with Crippen LogP contribution in [0.2, 0.25) is 0 Å². The van der Waals surface area contributed by atoms with E-state index in [0.717, 1.165) is 27.9 Å². The predicted octanol–water partition coefficient (Wildman–Crippen LogP) is 3.68. The van der Waals surface area contributed by atoms with E-state index in [0.29, 0.717) is 36.8 Å². The second kappa shape index (κ2) is 7.86. The first-order valence-corrected chi connectivity index (χ1v) is 11.5. The zero-order valence-corrected chi connectivity index (χ0v) is 18.5. The molecule has 0 unspecified atom stereocenters. The Morgan fingerprint density at radius 1 is 1.03 bits per heavy atom. The number of hydrogen-bond donors (Lipinski definition) is 1. The molecule has 0 radical (unpaired) electrons. The first-order chi connectivity index (χ1) is 14.7. The highest BCUT2D eigenvalue weighted by atomic mass is 32.2. The van der Waals surface area contributed by atoms with E-state index in [4.69, 9.17) is 14.6 Å². The Balaban J connectivity index is 1.91. The van der Waals surface area contributed by atoms with E-state index in [1.165, 1.54) is 12.1 Å². The van der Waals surface area contributed by atoms with Gasteiger partial charge in [-0.15, -0.1) is 0 Å². The molecule has 0 bridgehead atoms. The van der Waals surface area contributed by atoms with Gasteiger partial charge in [0.1, 0.15) is 13.2 Å². The summed E-state index contributed by atoms with van der Waals surface area (Å²) in [7, 11) is -1.93. The Bertz CT molecular complexity index is 1270. The van der Waals surface area contributed by atoms with Gasteiger partial charge in [-0.3, -0.25) is 4.79 Å². The van der Waals surface area contributed by atoms with Gasteiger partial charge in [0.2, 0.25) is 10.0 Å². The largest absolute Gasteiger partial charge is 0.486 e. The summed E-state index contributed by atoms with van der Waals surface area (Å²) < 4.78 is 36.5. The van der Waals surface area contributed by atoms with Crippen molar-refractivity contribution in [3.63, 3.8) is 0 Å². The maximum absolute atomic E-state index is 12.9. The summed E-state index contributed by atoms with van der Waals surface area (Å²) in [6, 6.07) is 12.0. The van der Waals surface area contributed by atoms with Crippen LogP contribution in [0.4, 0.5) is 0 Å². The van der Waals surface area contributed by atoms with E-state index < -0.39 is 10.0 Å². The molecule has 0 saturated heterocycles. The lowest BCUT2D eigenvalue weighted by Crippen LogP contribution is -2.15. The third kappa shape index (κ3) is 3.73. The Morgan fingerprint density at radius 3 is 2.26 bits per heavy atom. The molecule has 0 amide bonds. The van der Waals surface area contributed by atoms with Crippen molar-refractivity contribution >= 4 is 15.8 Å². The van der Waals surface area contributed by atoms with Gasteiger partial charge in [0.15, 0.2) is 17.3 Å². The summed E-state index contributed by atoms with van der Waals surface area (Å²) in [5, 5.41) is 5.23. The summed E-state index contributed by atoms with van der Waals surface area (Å²) >= 11 is 0. The summed E-state index contributed by atoms with van der Waals surface area (Å²) in [5.74, 6) is 1.37. The van der Waals surface area contributed by atoms with Crippen molar-refractivity contribution in [3.8, 4) is 33.9 Å². The van der Waals surface area contributed by atoms with Crippen LogP contribution in [0.15, 0.2) is 47.4 Å². The molecule has 2 heterocycles. The Hall–Kier alpha value is -3.10. The van der Waals surface area contributed by atoms with Crippen molar-refractivity contribution in [1.82, 2.24) is 4.57 Å². The van der Waals surface area contributed by atoms with Gasteiger partial charge in [-0.2, -0.15) is 0 Å². The Labute approximate surface area is 181 Å². The molecule has 1 aliphatic heterocycles. The highest BCUT2D eigenvalue weighted by Crippen LogP contribution is 2.41. The van der Waals surface area contributed by atoms with E-state index in [2.05, 4.69) is 0 Å². The number of ketones is 1. The van der Waals surface area contributed by atoms with E-state index in [1.807, 2.05) is 43.7 Å². The van der Waals surface area contributed by atoms with Gasteiger partial charge in [-0.1, -0.05) is 19.1 Å². The van der Waals surface area contributed by atoms with Gasteiger partial charge in [0, 0.05) is 24.6 Å². The van der Waals surface area contributed by atoms with Crippen molar-refractivity contribution < 1.29 is 22.7 Å². The zero-order chi connectivity index (χ0) is 22.3. The number of rotatable bonds is 5. The number of carbonyl (C=O) groups is 1. The number of benzene rings is 2. The average Bonchev–Trinajstić information content (AvgIpc) is 3.02. The lowest BCUT2D eigenvalue weighted by atomic mass is 9.97. The third-order valence-electron chi connectivity index (χ3n) is 5.51. The number of nitrogens with two attached hydrogens (primary N) is 1. The van der Waals surface area contributed by atoms with Crippen LogP contribution >= 0.6 is 0 Å². The van der Waals surface area contributed by atoms with E-state index >= 15 is 0 Å². The van der Waals surface area contributed by atoms with Gasteiger partial charge in [0.05, 0.1) is 16.3 Å². The SMILES string of the molecule is CCC(=O)c1c(-c2ccc(S(N)(=O)=O)cc2)c(C)c(-c2ccc3c(c2)OCCO3)n1C. The quantitative estimate of drug-likeness (QED) is 0.610. The monoisotopic (exact) mass is 440 g/mol. The van der Waals surface area contributed by atoms with Gasteiger partial charge < -0.3 is 14.0 Å². The number of hydrogen-bond acceptors (Lipinski definition) is 5. The standard InChI is InChI=1S/C23H24N2O5S/c1-4-18(26)23-21(15-5-8-17(9-6-15)31(24,27)28)14(2)22(25(23)3)16-7-10-19-20(13-16)30-12-11-29-19/h5-10,13H,4,11-12H2,1-3H3,(H2,24,27,28). The molecule has 4 rings (SSSR count). The summed E-state index contributed by atoms with van der Waals surface area (Å²) in [6.45, 7) is 4.79. The molecule has 2 aromatic carbocycles. The third-order valence-corrected chi connectivity index (χ3v) is 6.44. The van der Waals surface area contributed by atoms with Gasteiger partial charge in [-0.05, 0) is 48.4 Å². The maximum atomic E-state index is 12.9. The molecular formula is C23H24N2O5S. The number of carbonyl (C=O) groups excluding carboxylic acids is 1. The first-order valence-electron chi connectivity index (χ1n) is 9.98. The molecule has 1 aromatic heterocycles. The summed E-state index contributed by atoms with van der Waals surface area (Å²) in [5.41, 5.74) is 4.81. The number of sulfonamides is 1. The molecule has 0 fully saturated rings. The van der Waals surface area contributed by atoms with Gasteiger partial charge in [0.25, 0.3) is 0 Å². The van der Waals surface area contributed by atoms with Crippen molar-refractivity contribution in [1.29, 1.82) is 0 Å². The molecule has 31 heavy (non-hydrogen) atoms. The minimum absolute atomic E-state index is 0.0000775. The molecule has 2 N–H and O–H groups in total. The summed E-state index contributed by atoms with van der Waals surface area (Å²) in [4.78, 5) is 12.9. The number of primary sulfonamides is 1. The molecule has 0 saturated carbocycles. The topological polar surface area (TPSA) is 101 Å². The molecule has 0 aliphatic carbocycles. The van der Waals surface area contributed by atoms with Crippen LogP contribution in [-0.2, 0) is 17.1 Å². The number of Topliss-reactive ketones (excluding diaryl/α,β-unsaturated/α-hetero) is 1. The maximum Gasteiger partial charge on any atom is 0.238 e. The van der Waals surface area contributed by atoms with Gasteiger partial charge >= 0.3 is 0 Å². The zero-order valence-electron chi connectivity index (χ0n) is 17.6. The molecule has 8 heteroatoms. The van der Waals surface area contributed by atoms with Crippen LogP contribution in [0.5, 0.6) is 11.5 Å². The molecule has 3 aromatic rings. The van der Waals surface area contributed by atoms with Crippen molar-refractivity contribution in [3.05, 3.63) is 53.7 Å². The van der Waals surface area contributed by atoms with E-state index in [1.54, 1.807) is 12.1 Å². The lowest BCUT2D eigenvalue weighted by molar-refractivity contribution is 0.0981. The number of nitrogens with zero attached hydrogens (tertiary/aromatic N) is 1. The average molecular weight is 441 g/mol. The first kappa shape index (κ1) is 21.1. The predicted molar refractivity (Wildman–Crippen MR) is 118 cm³/mol. The molecule has 7 nitrogen and oxygen atoms in total. The molecule has 162 valence electrons. The molecule has 0 spiro atoms. The molecule has 0 atom stereocenters. The fourth-order valence-corrected chi connectivity index (χ4v) is 4.60. The normalized spacial score (nSPS) is 13.3. The fraction of sp³-hybridized carbons (Fsp3) is 0.261. The van der Waals surface area contributed by atoms with Crippen LogP contribution in [0.25, 0.3) is 22.4 Å². The minimum atomic E-state index is -3.80. The van der Waals surface area contributed by atoms with Crippen LogP contribution in [-0.4, -0.2) is 32.0 Å². The second-order valence-corrected chi connectivity index (χ2v) is 9.02. The lowest BCUT2D eigenvalue weighted by Gasteiger charge is -2.19. The number of aromatic nitrogens is 1. The number of ether oxygens (including phenoxy) is 2. The van der Waals surface area contributed by atoms with Crippen LogP contribution in [0.3, 0.4) is 0 Å². The van der Waals surface area contributed by atoms with Crippen LogP contribution in [0.1, 0.15) is 29.4 Å². The van der Waals surface area contributed by atoms with Crippen LogP contribution < -0.4 is 14.6 Å². The summed E-state index contributed by atoms with van der Waals surface area (Å²) in [6.07, 6.45) is 0.347. The number of fused-ring (bicyclic) bond motifs is 1. The second-order valence-electron chi connectivity index (χ2n) is 7.46. The van der Waals surface area contributed by atoms with Crippen molar-refractivity contribution in [2.24, 2.45) is 12.2 Å². The highest BCUT2D eigenvalue weighted by molar-refractivity contribution is 7.89. The smallest absolute Gasteiger partial charge is 0.238 e. The fourth-order valence-electron chi connectivity index (χ4n) is 4.09. The highest BCUT2D eigenvalue weighted by Gasteiger charge is 2.25.